The lowest BCUT2D eigenvalue weighted by atomic mass is 9.95. The molecule has 0 spiro atoms. The van der Waals surface area contributed by atoms with Crippen LogP contribution in [-0.2, 0) is 0 Å². The van der Waals surface area contributed by atoms with Crippen molar-refractivity contribution < 1.29 is 0 Å². The Kier molecular flexibility index (Phi) is 2.85. The molecule has 1 heterocycles. The van der Waals surface area contributed by atoms with Crippen LogP contribution in [-0.4, -0.2) is 19.6 Å². The zero-order valence-corrected chi connectivity index (χ0v) is 8.93. The maximum Gasteiger partial charge on any atom is 0.0452 e. The SMILES string of the molecule is Cc1cccc(C)c1[C@@H]1CNCCN1. The highest BCUT2D eigenvalue weighted by molar-refractivity contribution is 5.36. The largest absolute Gasteiger partial charge is 0.314 e. The monoisotopic (exact) mass is 190 g/mol. The first-order valence-electron chi connectivity index (χ1n) is 5.29. The van der Waals surface area contributed by atoms with E-state index in [-0.39, 0.29) is 0 Å². The number of piperazine rings is 1. The normalized spacial score (nSPS) is 22.3. The van der Waals surface area contributed by atoms with Crippen LogP contribution in [0.15, 0.2) is 18.2 Å². The molecule has 0 unspecified atom stereocenters. The van der Waals surface area contributed by atoms with Crippen LogP contribution in [0.1, 0.15) is 22.7 Å². The molecule has 0 aromatic heterocycles. The predicted octanol–water partition coefficient (Wildman–Crippen LogP) is 1.54. The van der Waals surface area contributed by atoms with Gasteiger partial charge in [0.25, 0.3) is 0 Å². The van der Waals surface area contributed by atoms with Crippen LogP contribution in [0.5, 0.6) is 0 Å². The molecule has 1 atom stereocenters. The van der Waals surface area contributed by atoms with Gasteiger partial charge in [-0.25, -0.2) is 0 Å². The van der Waals surface area contributed by atoms with Gasteiger partial charge in [-0.1, -0.05) is 18.2 Å². The molecule has 0 bridgehead atoms. The van der Waals surface area contributed by atoms with Crippen LogP contribution in [0.4, 0.5) is 0 Å². The Morgan fingerprint density at radius 3 is 2.43 bits per heavy atom. The molecule has 1 saturated heterocycles. The van der Waals surface area contributed by atoms with E-state index in [1.54, 1.807) is 0 Å². The van der Waals surface area contributed by atoms with Crippen molar-refractivity contribution in [3.05, 3.63) is 34.9 Å². The summed E-state index contributed by atoms with van der Waals surface area (Å²) in [5.41, 5.74) is 4.26. The van der Waals surface area contributed by atoms with Crippen molar-refractivity contribution >= 4 is 0 Å². The molecule has 2 heteroatoms. The van der Waals surface area contributed by atoms with Crippen LogP contribution in [0.2, 0.25) is 0 Å². The highest BCUT2D eigenvalue weighted by Gasteiger charge is 2.17. The van der Waals surface area contributed by atoms with Crippen LogP contribution in [0.25, 0.3) is 0 Å². The Morgan fingerprint density at radius 2 is 1.86 bits per heavy atom. The van der Waals surface area contributed by atoms with E-state index >= 15 is 0 Å². The smallest absolute Gasteiger partial charge is 0.0452 e. The standard InChI is InChI=1S/C12H18N2/c1-9-4-3-5-10(2)12(9)11-8-13-6-7-14-11/h3-5,11,13-14H,6-8H2,1-2H3/t11-/m0/s1. The third kappa shape index (κ3) is 1.81. The molecular formula is C12H18N2. The maximum atomic E-state index is 3.55. The van der Waals surface area contributed by atoms with Gasteiger partial charge in [0.2, 0.25) is 0 Å². The van der Waals surface area contributed by atoms with Crippen molar-refractivity contribution in [2.75, 3.05) is 19.6 Å². The van der Waals surface area contributed by atoms with Crippen molar-refractivity contribution in [3.8, 4) is 0 Å². The third-order valence-corrected chi connectivity index (χ3v) is 2.93. The molecular weight excluding hydrogens is 172 g/mol. The highest BCUT2D eigenvalue weighted by Crippen LogP contribution is 2.21. The number of benzene rings is 1. The van der Waals surface area contributed by atoms with Crippen molar-refractivity contribution in [2.45, 2.75) is 19.9 Å². The van der Waals surface area contributed by atoms with E-state index in [0.29, 0.717) is 6.04 Å². The second kappa shape index (κ2) is 4.11. The number of rotatable bonds is 1. The van der Waals surface area contributed by atoms with Crippen LogP contribution in [0, 0.1) is 13.8 Å². The first-order chi connectivity index (χ1) is 6.79. The van der Waals surface area contributed by atoms with Crippen LogP contribution in [0.3, 0.4) is 0 Å². The lowest BCUT2D eigenvalue weighted by Gasteiger charge is -2.27. The van der Waals surface area contributed by atoms with E-state index in [4.69, 9.17) is 0 Å². The molecule has 2 nitrogen and oxygen atoms in total. The quantitative estimate of drug-likeness (QED) is 0.702. The summed E-state index contributed by atoms with van der Waals surface area (Å²) in [6, 6.07) is 7.01. The zero-order valence-electron chi connectivity index (χ0n) is 8.93. The van der Waals surface area contributed by atoms with Gasteiger partial charge < -0.3 is 10.6 Å². The molecule has 2 N–H and O–H groups in total. The van der Waals surface area contributed by atoms with Gasteiger partial charge in [0.05, 0.1) is 0 Å². The number of nitrogens with one attached hydrogen (secondary N) is 2. The topological polar surface area (TPSA) is 24.1 Å². The zero-order chi connectivity index (χ0) is 9.97. The Morgan fingerprint density at radius 1 is 1.14 bits per heavy atom. The average Bonchev–Trinajstić information content (AvgIpc) is 2.19. The highest BCUT2D eigenvalue weighted by atomic mass is 15.1. The number of hydrogen-bond donors (Lipinski definition) is 2. The van der Waals surface area contributed by atoms with Gasteiger partial charge in [0, 0.05) is 25.7 Å². The van der Waals surface area contributed by atoms with Gasteiger partial charge in [-0.05, 0) is 30.5 Å². The molecule has 0 amide bonds. The van der Waals surface area contributed by atoms with E-state index in [9.17, 15) is 0 Å². The summed E-state index contributed by atoms with van der Waals surface area (Å²) in [7, 11) is 0. The summed E-state index contributed by atoms with van der Waals surface area (Å²) in [4.78, 5) is 0. The van der Waals surface area contributed by atoms with Gasteiger partial charge in [-0.15, -0.1) is 0 Å². The van der Waals surface area contributed by atoms with Crippen molar-refractivity contribution in [2.24, 2.45) is 0 Å². The Balaban J connectivity index is 2.29. The molecule has 1 fully saturated rings. The van der Waals surface area contributed by atoms with Gasteiger partial charge in [0.15, 0.2) is 0 Å². The second-order valence-electron chi connectivity index (χ2n) is 4.02. The molecule has 0 radical (unpaired) electrons. The lowest BCUT2D eigenvalue weighted by Crippen LogP contribution is -2.43. The Labute approximate surface area is 85.7 Å². The molecule has 0 saturated carbocycles. The first kappa shape index (κ1) is 9.69. The molecule has 1 aliphatic heterocycles. The van der Waals surface area contributed by atoms with Crippen molar-refractivity contribution in [1.29, 1.82) is 0 Å². The molecule has 14 heavy (non-hydrogen) atoms. The fourth-order valence-corrected chi connectivity index (χ4v) is 2.23. The van der Waals surface area contributed by atoms with Crippen LogP contribution >= 0.6 is 0 Å². The summed E-state index contributed by atoms with van der Waals surface area (Å²) in [6.07, 6.45) is 0. The Hall–Kier alpha value is -0.860. The summed E-state index contributed by atoms with van der Waals surface area (Å²) in [5, 5.41) is 6.98. The van der Waals surface area contributed by atoms with Crippen molar-refractivity contribution in [1.82, 2.24) is 10.6 Å². The molecule has 76 valence electrons. The minimum atomic E-state index is 0.491. The third-order valence-electron chi connectivity index (χ3n) is 2.93. The lowest BCUT2D eigenvalue weighted by molar-refractivity contribution is 0.428. The van der Waals surface area contributed by atoms with E-state index in [1.807, 2.05) is 0 Å². The van der Waals surface area contributed by atoms with E-state index in [2.05, 4.69) is 42.7 Å². The summed E-state index contributed by atoms with van der Waals surface area (Å²) < 4.78 is 0. The summed E-state index contributed by atoms with van der Waals surface area (Å²) >= 11 is 0. The minimum Gasteiger partial charge on any atom is -0.314 e. The predicted molar refractivity (Wildman–Crippen MR) is 59.5 cm³/mol. The van der Waals surface area contributed by atoms with Gasteiger partial charge >= 0.3 is 0 Å². The molecule has 1 aromatic rings. The number of hydrogen-bond acceptors (Lipinski definition) is 2. The number of aryl methyl sites for hydroxylation is 2. The molecule has 1 aliphatic rings. The molecule has 2 rings (SSSR count). The summed E-state index contributed by atoms with van der Waals surface area (Å²) in [5.74, 6) is 0. The molecule has 0 aliphatic carbocycles. The van der Waals surface area contributed by atoms with E-state index < -0.39 is 0 Å². The minimum absolute atomic E-state index is 0.491. The van der Waals surface area contributed by atoms with E-state index in [0.717, 1.165) is 19.6 Å². The Bertz CT molecular complexity index is 294. The molecule has 1 aromatic carbocycles. The van der Waals surface area contributed by atoms with Gasteiger partial charge in [0.1, 0.15) is 0 Å². The summed E-state index contributed by atoms with van der Waals surface area (Å²) in [6.45, 7) is 7.59. The average molecular weight is 190 g/mol. The van der Waals surface area contributed by atoms with Gasteiger partial charge in [-0.2, -0.15) is 0 Å². The second-order valence-corrected chi connectivity index (χ2v) is 4.02. The first-order valence-corrected chi connectivity index (χ1v) is 5.29. The van der Waals surface area contributed by atoms with Crippen LogP contribution < -0.4 is 10.6 Å². The maximum absolute atomic E-state index is 3.55. The fraction of sp³-hybridized carbons (Fsp3) is 0.500. The fourth-order valence-electron chi connectivity index (χ4n) is 2.23. The van der Waals surface area contributed by atoms with Gasteiger partial charge in [-0.3, -0.25) is 0 Å². The van der Waals surface area contributed by atoms with E-state index in [1.165, 1.54) is 16.7 Å². The van der Waals surface area contributed by atoms with Crippen molar-refractivity contribution in [3.63, 3.8) is 0 Å².